The van der Waals surface area contributed by atoms with Gasteiger partial charge in [-0.1, -0.05) is 0 Å². The van der Waals surface area contributed by atoms with Crippen molar-refractivity contribution in [2.75, 3.05) is 18.5 Å². The molecule has 0 aromatic heterocycles. The number of alkyl halides is 3. The lowest BCUT2D eigenvalue weighted by atomic mass is 10.1. The molecular weight excluding hydrogens is 260 g/mol. The monoisotopic (exact) mass is 276 g/mol. The molecule has 6 heteroatoms. The van der Waals surface area contributed by atoms with Crippen molar-refractivity contribution in [1.82, 2.24) is 5.32 Å². The zero-order chi connectivity index (χ0) is 14.0. The van der Waals surface area contributed by atoms with Crippen LogP contribution < -0.4 is 10.2 Å². The molecule has 0 unspecified atom stereocenters. The molecule has 0 bridgehead atoms. The number of nitrogens with one attached hydrogen (secondary N) is 1. The highest BCUT2D eigenvalue weighted by molar-refractivity contribution is 5.53. The third kappa shape index (κ3) is 4.38. The van der Waals surface area contributed by atoms with E-state index in [1.807, 2.05) is 0 Å². The number of hydrogen-bond acceptors (Lipinski definition) is 2. The summed E-state index contributed by atoms with van der Waals surface area (Å²) in [6.07, 6.45) is -2.13. The molecule has 1 aliphatic rings. The van der Waals surface area contributed by atoms with Crippen molar-refractivity contribution in [1.29, 1.82) is 0 Å². The predicted molar refractivity (Wildman–Crippen MR) is 65.6 cm³/mol. The number of halogens is 4. The number of benzene rings is 1. The first-order valence-corrected chi connectivity index (χ1v) is 6.15. The fourth-order valence-electron chi connectivity index (χ4n) is 1.96. The van der Waals surface area contributed by atoms with Crippen LogP contribution in [0.5, 0.6) is 0 Å². The van der Waals surface area contributed by atoms with Crippen molar-refractivity contribution in [3.8, 4) is 0 Å². The normalized spacial score (nSPS) is 15.6. The molecule has 2 rings (SSSR count). The second-order valence-corrected chi connectivity index (χ2v) is 4.90. The number of rotatable bonds is 5. The van der Waals surface area contributed by atoms with E-state index in [2.05, 4.69) is 5.32 Å². The SMILES string of the molecule is CN(CC(F)(F)F)c1ccc(F)cc1CNC1CC1. The Morgan fingerprint density at radius 2 is 2.00 bits per heavy atom. The molecule has 0 spiro atoms. The quantitative estimate of drug-likeness (QED) is 0.831. The summed E-state index contributed by atoms with van der Waals surface area (Å²) < 4.78 is 50.4. The van der Waals surface area contributed by atoms with Gasteiger partial charge in [-0.25, -0.2) is 4.39 Å². The minimum atomic E-state index is -4.27. The van der Waals surface area contributed by atoms with Crippen molar-refractivity contribution >= 4 is 5.69 Å². The predicted octanol–water partition coefficient (Wildman–Crippen LogP) is 3.08. The van der Waals surface area contributed by atoms with E-state index in [0.717, 1.165) is 17.7 Å². The van der Waals surface area contributed by atoms with E-state index in [4.69, 9.17) is 0 Å². The largest absolute Gasteiger partial charge is 0.405 e. The van der Waals surface area contributed by atoms with Crippen molar-refractivity contribution in [3.63, 3.8) is 0 Å². The number of nitrogens with zero attached hydrogens (tertiary/aromatic N) is 1. The Balaban J connectivity index is 2.12. The van der Waals surface area contributed by atoms with E-state index in [-0.39, 0.29) is 0 Å². The van der Waals surface area contributed by atoms with Gasteiger partial charge in [-0.05, 0) is 36.6 Å². The van der Waals surface area contributed by atoms with Crippen LogP contribution in [0.1, 0.15) is 18.4 Å². The molecule has 1 N–H and O–H groups in total. The standard InChI is InChI=1S/C13H16F4N2/c1-19(8-13(15,16)17)12-5-2-10(14)6-9(12)7-18-11-3-4-11/h2,5-6,11,18H,3-4,7-8H2,1H3. The molecule has 1 aromatic carbocycles. The van der Waals surface area contributed by atoms with Gasteiger partial charge in [-0.2, -0.15) is 13.2 Å². The Kier molecular flexibility index (Phi) is 3.99. The van der Waals surface area contributed by atoms with Crippen LogP contribution >= 0.6 is 0 Å². The molecule has 1 fully saturated rings. The number of hydrogen-bond donors (Lipinski definition) is 1. The summed E-state index contributed by atoms with van der Waals surface area (Å²) in [5.74, 6) is -0.434. The van der Waals surface area contributed by atoms with Crippen LogP contribution in [0.25, 0.3) is 0 Å². The molecule has 1 aromatic rings. The van der Waals surface area contributed by atoms with Crippen LogP contribution in [0.15, 0.2) is 18.2 Å². The van der Waals surface area contributed by atoms with Gasteiger partial charge in [0.15, 0.2) is 0 Å². The fourth-order valence-corrected chi connectivity index (χ4v) is 1.96. The van der Waals surface area contributed by atoms with Gasteiger partial charge in [-0.3, -0.25) is 0 Å². The van der Waals surface area contributed by atoms with E-state index >= 15 is 0 Å². The maximum Gasteiger partial charge on any atom is 0.405 e. The lowest BCUT2D eigenvalue weighted by Gasteiger charge is -2.24. The van der Waals surface area contributed by atoms with Crippen molar-refractivity contribution in [3.05, 3.63) is 29.6 Å². The summed E-state index contributed by atoms with van der Waals surface area (Å²) in [4.78, 5) is 1.10. The molecule has 19 heavy (non-hydrogen) atoms. The maximum atomic E-state index is 13.2. The van der Waals surface area contributed by atoms with Gasteiger partial charge < -0.3 is 10.2 Å². The summed E-state index contributed by atoms with van der Waals surface area (Å²) >= 11 is 0. The Morgan fingerprint density at radius 3 is 2.58 bits per heavy atom. The van der Waals surface area contributed by atoms with E-state index in [1.54, 1.807) is 0 Å². The summed E-state index contributed by atoms with van der Waals surface area (Å²) in [5, 5.41) is 3.18. The highest BCUT2D eigenvalue weighted by Gasteiger charge is 2.30. The topological polar surface area (TPSA) is 15.3 Å². The minimum absolute atomic E-state index is 0.389. The lowest BCUT2D eigenvalue weighted by Crippen LogP contribution is -2.32. The maximum absolute atomic E-state index is 13.2. The van der Waals surface area contributed by atoms with Crippen molar-refractivity contribution in [2.45, 2.75) is 31.6 Å². The zero-order valence-corrected chi connectivity index (χ0v) is 10.6. The van der Waals surface area contributed by atoms with E-state index in [0.29, 0.717) is 23.8 Å². The van der Waals surface area contributed by atoms with Gasteiger partial charge >= 0.3 is 6.18 Å². The average molecular weight is 276 g/mol. The van der Waals surface area contributed by atoms with Gasteiger partial charge in [0.05, 0.1) is 0 Å². The molecule has 0 atom stereocenters. The first kappa shape index (κ1) is 14.1. The first-order chi connectivity index (χ1) is 8.85. The Hall–Kier alpha value is -1.30. The molecule has 2 nitrogen and oxygen atoms in total. The number of anilines is 1. The van der Waals surface area contributed by atoms with Gasteiger partial charge in [-0.15, -0.1) is 0 Å². The summed E-state index contributed by atoms with van der Waals surface area (Å²) in [6.45, 7) is -0.658. The highest BCUT2D eigenvalue weighted by Crippen LogP contribution is 2.26. The smallest absolute Gasteiger partial charge is 0.365 e. The van der Waals surface area contributed by atoms with Crippen LogP contribution in [-0.2, 0) is 6.54 Å². The second kappa shape index (κ2) is 5.36. The van der Waals surface area contributed by atoms with E-state index < -0.39 is 18.5 Å². The highest BCUT2D eigenvalue weighted by atomic mass is 19.4. The van der Waals surface area contributed by atoms with Gasteiger partial charge in [0.25, 0.3) is 0 Å². The molecule has 1 aliphatic carbocycles. The molecule has 0 amide bonds. The first-order valence-electron chi connectivity index (χ1n) is 6.15. The van der Waals surface area contributed by atoms with Gasteiger partial charge in [0.1, 0.15) is 12.4 Å². The fraction of sp³-hybridized carbons (Fsp3) is 0.538. The second-order valence-electron chi connectivity index (χ2n) is 4.90. The Bertz CT molecular complexity index is 441. The van der Waals surface area contributed by atoms with Crippen molar-refractivity contribution < 1.29 is 17.6 Å². The third-order valence-electron chi connectivity index (χ3n) is 3.03. The minimum Gasteiger partial charge on any atom is -0.365 e. The van der Waals surface area contributed by atoms with E-state index in [1.165, 1.54) is 25.2 Å². The third-order valence-corrected chi connectivity index (χ3v) is 3.03. The van der Waals surface area contributed by atoms with Gasteiger partial charge in [0, 0.05) is 25.3 Å². The van der Waals surface area contributed by atoms with Crippen LogP contribution in [-0.4, -0.2) is 25.8 Å². The van der Waals surface area contributed by atoms with Crippen LogP contribution in [0.3, 0.4) is 0 Å². The van der Waals surface area contributed by atoms with Crippen LogP contribution in [0.4, 0.5) is 23.2 Å². The molecular formula is C13H16F4N2. The molecule has 0 saturated heterocycles. The molecule has 1 saturated carbocycles. The van der Waals surface area contributed by atoms with E-state index in [9.17, 15) is 17.6 Å². The van der Waals surface area contributed by atoms with Crippen LogP contribution in [0, 0.1) is 5.82 Å². The lowest BCUT2D eigenvalue weighted by molar-refractivity contribution is -0.119. The zero-order valence-electron chi connectivity index (χ0n) is 10.6. The molecule has 0 radical (unpaired) electrons. The van der Waals surface area contributed by atoms with Crippen molar-refractivity contribution in [2.24, 2.45) is 0 Å². The Morgan fingerprint density at radius 1 is 1.32 bits per heavy atom. The molecule has 106 valence electrons. The molecule has 0 heterocycles. The van der Waals surface area contributed by atoms with Crippen LogP contribution in [0.2, 0.25) is 0 Å². The summed E-state index contributed by atoms with van der Waals surface area (Å²) in [5.41, 5.74) is 0.963. The average Bonchev–Trinajstić information content (AvgIpc) is 3.07. The molecule has 0 aliphatic heterocycles. The summed E-state index contributed by atoms with van der Waals surface area (Å²) in [6, 6.07) is 4.29. The summed E-state index contributed by atoms with van der Waals surface area (Å²) in [7, 11) is 1.36. The van der Waals surface area contributed by atoms with Gasteiger partial charge in [0.2, 0.25) is 0 Å². The Labute approximate surface area is 109 Å².